The maximum absolute atomic E-state index is 12.4. The zero-order valence-corrected chi connectivity index (χ0v) is 15.7. The van der Waals surface area contributed by atoms with Gasteiger partial charge in [-0.3, -0.25) is 4.79 Å². The topological polar surface area (TPSA) is 120 Å². The van der Waals surface area contributed by atoms with Crippen LogP contribution in [0.15, 0.2) is 30.3 Å². The van der Waals surface area contributed by atoms with Gasteiger partial charge in [-0.15, -0.1) is 10.2 Å². The molecule has 2 heterocycles. The molecule has 0 aliphatic carbocycles. The molecule has 1 aliphatic heterocycles. The maximum Gasteiger partial charge on any atom is 0.276 e. The molecule has 1 amide bonds. The SMILES string of the molecule is COc1ccc(NC(=O)c2ccc(NC3CCS(=O)(=O)C3)nn2)c(OC)c1. The molecule has 0 radical (unpaired) electrons. The first kappa shape index (κ1) is 18.9. The number of hydrogen-bond donors (Lipinski definition) is 2. The van der Waals surface area contributed by atoms with Crippen LogP contribution in [0.5, 0.6) is 11.5 Å². The van der Waals surface area contributed by atoms with Crippen molar-refractivity contribution in [2.75, 3.05) is 36.4 Å². The van der Waals surface area contributed by atoms with Gasteiger partial charge in [-0.2, -0.15) is 0 Å². The molecule has 1 saturated heterocycles. The van der Waals surface area contributed by atoms with Gasteiger partial charge in [0.2, 0.25) is 0 Å². The first-order valence-corrected chi connectivity index (χ1v) is 10.1. The Labute approximate surface area is 157 Å². The Kier molecular flexibility index (Phi) is 5.45. The van der Waals surface area contributed by atoms with Crippen LogP contribution in [0.1, 0.15) is 16.9 Å². The number of amides is 1. The molecule has 0 bridgehead atoms. The number of nitrogens with one attached hydrogen (secondary N) is 2. The fourth-order valence-electron chi connectivity index (χ4n) is 2.74. The summed E-state index contributed by atoms with van der Waals surface area (Å²) in [5, 5.41) is 13.6. The molecule has 1 unspecified atom stereocenters. The molecular formula is C17H20N4O5S. The number of sulfone groups is 1. The number of carbonyl (C=O) groups is 1. The third-order valence-corrected chi connectivity index (χ3v) is 5.91. The van der Waals surface area contributed by atoms with E-state index in [0.29, 0.717) is 29.4 Å². The summed E-state index contributed by atoms with van der Waals surface area (Å²) in [6, 6.07) is 7.95. The third kappa shape index (κ3) is 4.64. The second-order valence-corrected chi connectivity index (χ2v) is 8.30. The van der Waals surface area contributed by atoms with Crippen molar-refractivity contribution in [2.24, 2.45) is 0 Å². The second-order valence-electron chi connectivity index (χ2n) is 6.07. The summed E-state index contributed by atoms with van der Waals surface area (Å²) in [6.07, 6.45) is 0.531. The average molecular weight is 392 g/mol. The van der Waals surface area contributed by atoms with Crippen LogP contribution in [0.4, 0.5) is 11.5 Å². The van der Waals surface area contributed by atoms with E-state index in [0.717, 1.165) is 0 Å². The Hall–Kier alpha value is -2.88. The van der Waals surface area contributed by atoms with E-state index in [2.05, 4.69) is 20.8 Å². The molecular weight excluding hydrogens is 372 g/mol. The third-order valence-electron chi connectivity index (χ3n) is 4.14. The Morgan fingerprint density at radius 2 is 1.96 bits per heavy atom. The van der Waals surface area contributed by atoms with Gasteiger partial charge in [0.1, 0.15) is 17.3 Å². The van der Waals surface area contributed by atoms with Crippen molar-refractivity contribution in [3.05, 3.63) is 36.0 Å². The molecule has 10 heteroatoms. The van der Waals surface area contributed by atoms with Crippen LogP contribution < -0.4 is 20.1 Å². The number of rotatable bonds is 6. The lowest BCUT2D eigenvalue weighted by atomic mass is 10.2. The molecule has 9 nitrogen and oxygen atoms in total. The van der Waals surface area contributed by atoms with Crippen molar-refractivity contribution in [3.8, 4) is 11.5 Å². The monoisotopic (exact) mass is 392 g/mol. The number of aromatic nitrogens is 2. The maximum atomic E-state index is 12.4. The number of carbonyl (C=O) groups excluding carboxylic acids is 1. The molecule has 1 atom stereocenters. The highest BCUT2D eigenvalue weighted by Gasteiger charge is 2.28. The van der Waals surface area contributed by atoms with Gasteiger partial charge in [-0.05, 0) is 30.7 Å². The molecule has 144 valence electrons. The largest absolute Gasteiger partial charge is 0.497 e. The summed E-state index contributed by atoms with van der Waals surface area (Å²) in [7, 11) is 0.0558. The predicted molar refractivity (Wildman–Crippen MR) is 100 cm³/mol. The van der Waals surface area contributed by atoms with Gasteiger partial charge in [0.15, 0.2) is 15.5 Å². The lowest BCUT2D eigenvalue weighted by molar-refractivity contribution is 0.102. The summed E-state index contributed by atoms with van der Waals surface area (Å²) >= 11 is 0. The number of anilines is 2. The number of methoxy groups -OCH3 is 2. The standard InChI is InChI=1S/C17H20N4O5S/c1-25-12-3-4-13(15(9-12)26-2)19-17(22)14-5-6-16(21-20-14)18-11-7-8-27(23,24)10-11/h3-6,9,11H,7-8,10H2,1-2H3,(H,18,21)(H,19,22). The lowest BCUT2D eigenvalue weighted by Crippen LogP contribution is -2.22. The van der Waals surface area contributed by atoms with Gasteiger partial charge in [0.25, 0.3) is 5.91 Å². The van der Waals surface area contributed by atoms with Gasteiger partial charge in [0.05, 0.1) is 31.4 Å². The minimum absolute atomic E-state index is 0.0776. The lowest BCUT2D eigenvalue weighted by Gasteiger charge is -2.12. The van der Waals surface area contributed by atoms with Crippen molar-refractivity contribution >= 4 is 27.2 Å². The van der Waals surface area contributed by atoms with Gasteiger partial charge in [-0.1, -0.05) is 0 Å². The highest BCUT2D eigenvalue weighted by molar-refractivity contribution is 7.91. The molecule has 1 aliphatic rings. The van der Waals surface area contributed by atoms with E-state index in [1.54, 1.807) is 31.4 Å². The molecule has 0 saturated carbocycles. The van der Waals surface area contributed by atoms with E-state index < -0.39 is 15.7 Å². The van der Waals surface area contributed by atoms with E-state index in [1.165, 1.54) is 13.2 Å². The van der Waals surface area contributed by atoms with Crippen molar-refractivity contribution in [1.29, 1.82) is 0 Å². The summed E-state index contributed by atoms with van der Waals surface area (Å²) < 4.78 is 33.4. The first-order chi connectivity index (χ1) is 12.9. The van der Waals surface area contributed by atoms with Crippen LogP contribution >= 0.6 is 0 Å². The van der Waals surface area contributed by atoms with Crippen LogP contribution in [-0.2, 0) is 9.84 Å². The van der Waals surface area contributed by atoms with Crippen LogP contribution in [-0.4, -0.2) is 56.3 Å². The van der Waals surface area contributed by atoms with Gasteiger partial charge in [-0.25, -0.2) is 8.42 Å². The minimum atomic E-state index is -2.98. The first-order valence-electron chi connectivity index (χ1n) is 8.24. The predicted octanol–water partition coefficient (Wildman–Crippen LogP) is 1.35. The number of nitrogens with zero attached hydrogens (tertiary/aromatic N) is 2. The van der Waals surface area contributed by atoms with Crippen LogP contribution in [0.2, 0.25) is 0 Å². The summed E-state index contributed by atoms with van der Waals surface area (Å²) in [6.45, 7) is 0. The Bertz CT molecular complexity index is 931. The molecule has 2 N–H and O–H groups in total. The molecule has 3 rings (SSSR count). The van der Waals surface area contributed by atoms with E-state index in [4.69, 9.17) is 9.47 Å². The van der Waals surface area contributed by atoms with Crippen LogP contribution in [0.3, 0.4) is 0 Å². The summed E-state index contributed by atoms with van der Waals surface area (Å²) in [5.74, 6) is 1.29. The highest BCUT2D eigenvalue weighted by Crippen LogP contribution is 2.29. The normalized spacial score (nSPS) is 17.9. The molecule has 2 aromatic rings. The quantitative estimate of drug-likeness (QED) is 0.756. The van der Waals surface area contributed by atoms with Crippen molar-refractivity contribution in [1.82, 2.24) is 10.2 Å². The number of ether oxygens (including phenoxy) is 2. The van der Waals surface area contributed by atoms with Gasteiger partial charge in [0, 0.05) is 12.1 Å². The molecule has 1 aromatic heterocycles. The highest BCUT2D eigenvalue weighted by atomic mass is 32.2. The van der Waals surface area contributed by atoms with E-state index in [1.807, 2.05) is 0 Å². The molecule has 1 aromatic carbocycles. The summed E-state index contributed by atoms with van der Waals surface area (Å²) in [5.41, 5.74) is 0.598. The Balaban J connectivity index is 1.66. The van der Waals surface area contributed by atoms with Crippen molar-refractivity contribution in [2.45, 2.75) is 12.5 Å². The fourth-order valence-corrected chi connectivity index (χ4v) is 4.41. The fraction of sp³-hybridized carbons (Fsp3) is 0.353. The Morgan fingerprint density at radius 1 is 1.15 bits per heavy atom. The van der Waals surface area contributed by atoms with E-state index >= 15 is 0 Å². The average Bonchev–Trinajstić information content (AvgIpc) is 3.00. The van der Waals surface area contributed by atoms with Crippen LogP contribution in [0, 0.1) is 0 Å². The minimum Gasteiger partial charge on any atom is -0.497 e. The van der Waals surface area contributed by atoms with E-state index in [9.17, 15) is 13.2 Å². The smallest absolute Gasteiger partial charge is 0.276 e. The van der Waals surface area contributed by atoms with Crippen molar-refractivity contribution < 1.29 is 22.7 Å². The molecule has 0 spiro atoms. The van der Waals surface area contributed by atoms with E-state index in [-0.39, 0.29) is 23.2 Å². The van der Waals surface area contributed by atoms with Crippen molar-refractivity contribution in [3.63, 3.8) is 0 Å². The molecule has 27 heavy (non-hydrogen) atoms. The van der Waals surface area contributed by atoms with Crippen LogP contribution in [0.25, 0.3) is 0 Å². The summed E-state index contributed by atoms with van der Waals surface area (Å²) in [4.78, 5) is 12.4. The number of benzene rings is 1. The van der Waals surface area contributed by atoms with Gasteiger partial charge >= 0.3 is 0 Å². The Morgan fingerprint density at radius 3 is 2.56 bits per heavy atom. The zero-order chi connectivity index (χ0) is 19.4. The molecule has 1 fully saturated rings. The second kappa shape index (κ2) is 7.78. The van der Waals surface area contributed by atoms with Gasteiger partial charge < -0.3 is 20.1 Å². The zero-order valence-electron chi connectivity index (χ0n) is 14.9. The number of hydrogen-bond acceptors (Lipinski definition) is 8.